The van der Waals surface area contributed by atoms with Gasteiger partial charge < -0.3 is 14.5 Å². The van der Waals surface area contributed by atoms with Crippen LogP contribution in [0.2, 0.25) is 0 Å². The quantitative estimate of drug-likeness (QED) is 0.847. The molecule has 0 atom stereocenters. The van der Waals surface area contributed by atoms with Crippen molar-refractivity contribution in [3.63, 3.8) is 0 Å². The van der Waals surface area contributed by atoms with Crippen molar-refractivity contribution in [3.8, 4) is 5.75 Å². The molecule has 1 heterocycles. The van der Waals surface area contributed by atoms with Gasteiger partial charge in [0.25, 0.3) is 0 Å². The zero-order valence-electron chi connectivity index (χ0n) is 12.4. The third-order valence-electron chi connectivity index (χ3n) is 2.85. The van der Waals surface area contributed by atoms with Crippen LogP contribution in [-0.4, -0.2) is 5.54 Å². The third-order valence-corrected chi connectivity index (χ3v) is 3.31. The molecule has 1 N–H and O–H groups in total. The smallest absolute Gasteiger partial charge is 0.146 e. The van der Waals surface area contributed by atoms with Gasteiger partial charge in [-0.05, 0) is 39.0 Å². The van der Waals surface area contributed by atoms with E-state index >= 15 is 0 Å². The van der Waals surface area contributed by atoms with Crippen molar-refractivity contribution in [2.45, 2.75) is 39.5 Å². The maximum Gasteiger partial charge on any atom is 0.146 e. The van der Waals surface area contributed by atoms with Gasteiger partial charge in [-0.15, -0.1) is 0 Å². The van der Waals surface area contributed by atoms with Crippen LogP contribution in [0.15, 0.2) is 39.4 Å². The normalized spacial score (nSPS) is 11.7. The van der Waals surface area contributed by atoms with Gasteiger partial charge >= 0.3 is 0 Å². The number of halogens is 2. The third kappa shape index (κ3) is 5.17. The number of rotatable bonds is 5. The van der Waals surface area contributed by atoms with Crippen LogP contribution in [0.25, 0.3) is 0 Å². The molecule has 0 saturated carbocycles. The molecule has 114 valence electrons. The van der Waals surface area contributed by atoms with Gasteiger partial charge in [0.05, 0.1) is 6.26 Å². The Morgan fingerprint density at radius 1 is 1.29 bits per heavy atom. The molecule has 1 aromatic carbocycles. The van der Waals surface area contributed by atoms with Crippen molar-refractivity contribution < 1.29 is 13.5 Å². The van der Waals surface area contributed by atoms with E-state index in [1.807, 2.05) is 6.07 Å². The second-order valence-corrected chi connectivity index (χ2v) is 6.78. The number of furan rings is 1. The van der Waals surface area contributed by atoms with Crippen LogP contribution in [0.4, 0.5) is 4.39 Å². The first-order chi connectivity index (χ1) is 9.83. The fraction of sp³-hybridized carbons (Fsp3) is 0.375. The van der Waals surface area contributed by atoms with Crippen LogP contribution in [0.3, 0.4) is 0 Å². The van der Waals surface area contributed by atoms with Gasteiger partial charge in [-0.1, -0.05) is 15.9 Å². The molecule has 0 bridgehead atoms. The summed E-state index contributed by atoms with van der Waals surface area (Å²) >= 11 is 3.24. The van der Waals surface area contributed by atoms with Gasteiger partial charge in [0.15, 0.2) is 0 Å². The topological polar surface area (TPSA) is 34.4 Å². The van der Waals surface area contributed by atoms with E-state index in [-0.39, 0.29) is 18.0 Å². The van der Waals surface area contributed by atoms with Crippen LogP contribution in [0, 0.1) is 5.82 Å². The van der Waals surface area contributed by atoms with E-state index in [9.17, 15) is 4.39 Å². The molecule has 0 spiro atoms. The Morgan fingerprint density at radius 2 is 2.05 bits per heavy atom. The van der Waals surface area contributed by atoms with Crippen LogP contribution >= 0.6 is 15.9 Å². The number of ether oxygens (including phenoxy) is 1. The van der Waals surface area contributed by atoms with Crippen molar-refractivity contribution in [2.75, 3.05) is 0 Å². The summed E-state index contributed by atoms with van der Waals surface area (Å²) < 4.78 is 25.0. The van der Waals surface area contributed by atoms with Crippen LogP contribution in [0.1, 0.15) is 32.1 Å². The standard InChI is InChI=1S/C16H19BrFNO2/c1-16(2,3)19-9-11-4-5-20-15(11)10-21-14-7-12(17)6-13(18)8-14/h4-8,19H,9-10H2,1-3H3. The summed E-state index contributed by atoms with van der Waals surface area (Å²) in [6, 6.07) is 6.37. The van der Waals surface area contributed by atoms with Crippen LogP contribution in [-0.2, 0) is 13.2 Å². The molecule has 0 aliphatic rings. The Hall–Kier alpha value is -1.33. The maximum atomic E-state index is 13.3. The van der Waals surface area contributed by atoms with E-state index in [1.165, 1.54) is 12.1 Å². The van der Waals surface area contributed by atoms with Gasteiger partial charge in [0.2, 0.25) is 0 Å². The van der Waals surface area contributed by atoms with E-state index in [4.69, 9.17) is 9.15 Å². The molecule has 5 heteroatoms. The molecule has 2 aromatic rings. The molecule has 0 fully saturated rings. The molecule has 0 saturated heterocycles. The Kier molecular flexibility index (Phi) is 5.06. The van der Waals surface area contributed by atoms with Crippen molar-refractivity contribution in [1.82, 2.24) is 5.32 Å². The van der Waals surface area contributed by atoms with Gasteiger partial charge in [-0.3, -0.25) is 0 Å². The lowest BCUT2D eigenvalue weighted by molar-refractivity contribution is 0.266. The predicted octanol–water partition coefficient (Wildman–Crippen LogP) is 4.65. The monoisotopic (exact) mass is 355 g/mol. The van der Waals surface area contributed by atoms with Gasteiger partial charge in [0.1, 0.15) is 23.9 Å². The van der Waals surface area contributed by atoms with Crippen molar-refractivity contribution in [2.24, 2.45) is 0 Å². The van der Waals surface area contributed by atoms with Crippen LogP contribution in [0.5, 0.6) is 5.75 Å². The van der Waals surface area contributed by atoms with Crippen LogP contribution < -0.4 is 10.1 Å². The highest BCUT2D eigenvalue weighted by molar-refractivity contribution is 9.10. The molecule has 2 rings (SSSR count). The zero-order chi connectivity index (χ0) is 15.5. The first-order valence-electron chi connectivity index (χ1n) is 6.73. The lowest BCUT2D eigenvalue weighted by Gasteiger charge is -2.20. The summed E-state index contributed by atoms with van der Waals surface area (Å²) in [6.07, 6.45) is 1.64. The highest BCUT2D eigenvalue weighted by atomic mass is 79.9. The van der Waals surface area contributed by atoms with Gasteiger partial charge in [-0.2, -0.15) is 0 Å². The van der Waals surface area contributed by atoms with E-state index in [0.717, 1.165) is 11.3 Å². The van der Waals surface area contributed by atoms with Crippen molar-refractivity contribution in [3.05, 3.63) is 52.1 Å². The van der Waals surface area contributed by atoms with Crippen molar-refractivity contribution >= 4 is 15.9 Å². The van der Waals surface area contributed by atoms with Gasteiger partial charge in [-0.25, -0.2) is 4.39 Å². The van der Waals surface area contributed by atoms with E-state index in [2.05, 4.69) is 42.0 Å². The molecule has 3 nitrogen and oxygen atoms in total. The second-order valence-electron chi connectivity index (χ2n) is 5.87. The SMILES string of the molecule is CC(C)(C)NCc1ccoc1COc1cc(F)cc(Br)c1. The fourth-order valence-corrected chi connectivity index (χ4v) is 2.22. The summed E-state index contributed by atoms with van der Waals surface area (Å²) in [7, 11) is 0. The maximum absolute atomic E-state index is 13.3. The molecular weight excluding hydrogens is 337 g/mol. The molecule has 1 aromatic heterocycles. The molecule has 0 unspecified atom stereocenters. The van der Waals surface area contributed by atoms with E-state index < -0.39 is 0 Å². The molecule has 0 amide bonds. The summed E-state index contributed by atoms with van der Waals surface area (Å²) in [5, 5.41) is 3.40. The molecular formula is C16H19BrFNO2. The Morgan fingerprint density at radius 3 is 2.71 bits per heavy atom. The largest absolute Gasteiger partial charge is 0.486 e. The summed E-state index contributed by atoms with van der Waals surface area (Å²) in [6.45, 7) is 7.28. The average Bonchev–Trinajstić information content (AvgIpc) is 2.79. The van der Waals surface area contributed by atoms with Crippen molar-refractivity contribution in [1.29, 1.82) is 0 Å². The fourth-order valence-electron chi connectivity index (χ4n) is 1.77. The lowest BCUT2D eigenvalue weighted by Crippen LogP contribution is -2.35. The second kappa shape index (κ2) is 6.62. The average molecular weight is 356 g/mol. The Balaban J connectivity index is 1.99. The highest BCUT2D eigenvalue weighted by Crippen LogP contribution is 2.22. The molecule has 0 aliphatic carbocycles. The summed E-state index contributed by atoms with van der Waals surface area (Å²) in [4.78, 5) is 0. The van der Waals surface area contributed by atoms with E-state index in [0.29, 0.717) is 16.8 Å². The predicted molar refractivity (Wildman–Crippen MR) is 83.7 cm³/mol. The Bertz CT molecular complexity index is 584. The number of hydrogen-bond donors (Lipinski definition) is 1. The Labute approximate surface area is 132 Å². The van der Waals surface area contributed by atoms with E-state index in [1.54, 1.807) is 12.3 Å². The molecule has 0 aliphatic heterocycles. The number of nitrogens with one attached hydrogen (secondary N) is 1. The summed E-state index contributed by atoms with van der Waals surface area (Å²) in [5.74, 6) is 0.869. The number of hydrogen-bond acceptors (Lipinski definition) is 3. The lowest BCUT2D eigenvalue weighted by atomic mass is 10.1. The minimum absolute atomic E-state index is 0.0306. The first-order valence-corrected chi connectivity index (χ1v) is 7.52. The number of benzene rings is 1. The van der Waals surface area contributed by atoms with Gasteiger partial charge in [0, 0.05) is 28.2 Å². The molecule has 21 heavy (non-hydrogen) atoms. The summed E-state index contributed by atoms with van der Waals surface area (Å²) in [5.41, 5.74) is 1.07. The minimum Gasteiger partial charge on any atom is -0.486 e. The zero-order valence-corrected chi connectivity index (χ0v) is 14.0. The highest BCUT2D eigenvalue weighted by Gasteiger charge is 2.13. The molecule has 0 radical (unpaired) electrons. The minimum atomic E-state index is -0.339. The first kappa shape index (κ1) is 16.0.